The summed E-state index contributed by atoms with van der Waals surface area (Å²) in [6.07, 6.45) is 7.87. The second kappa shape index (κ2) is 9.17. The van der Waals surface area contributed by atoms with E-state index in [0.717, 1.165) is 37.7 Å². The van der Waals surface area contributed by atoms with Crippen LogP contribution in [0.1, 0.15) is 85.5 Å². The minimum Gasteiger partial charge on any atom is -0.450 e. The van der Waals surface area contributed by atoms with Crippen molar-refractivity contribution in [1.82, 2.24) is 0 Å². The minimum atomic E-state index is -1.21. The van der Waals surface area contributed by atoms with Crippen molar-refractivity contribution < 1.29 is 19.1 Å². The maximum absolute atomic E-state index is 13.6. The van der Waals surface area contributed by atoms with E-state index in [4.69, 9.17) is 27.9 Å². The molecule has 0 bridgehead atoms. The summed E-state index contributed by atoms with van der Waals surface area (Å²) in [5.74, 6) is -0.149. The SMILES string of the molecule is CCCCC(=O)O[C@@]1(C(=O)CBr)[C@H](C)C[C@H]2[C@@H]3CCC4=CC(=O)CC[C@]4(C)[C@@]3(Cl)[C@@H](Cl)C[C@@]21C. The fraction of sp³-hybridized carbons (Fsp3) is 0.815. The number of fused-ring (bicyclic) bond motifs is 5. The standard InChI is InChI=1S/C27H37BrCl2O4/c1-5-6-7-23(33)34-27(22(32)15-28)16(2)12-20-19-9-8-17-13-18(31)10-11-24(17,3)26(19,30)21(29)14-25(20,27)4/h13,16,19-21H,5-12,14-15H2,1-4H3/t16-,19+,20+,21+,24+,25+,26+,27-/m1/s1. The van der Waals surface area contributed by atoms with Gasteiger partial charge in [-0.1, -0.05) is 55.6 Å². The Hall–Kier alpha value is -0.390. The van der Waals surface area contributed by atoms with Crippen LogP contribution in [0.25, 0.3) is 0 Å². The molecule has 0 aromatic rings. The number of hydrogen-bond acceptors (Lipinski definition) is 4. The van der Waals surface area contributed by atoms with Crippen molar-refractivity contribution in [3.05, 3.63) is 11.6 Å². The molecule has 3 saturated carbocycles. The van der Waals surface area contributed by atoms with E-state index < -0.39 is 21.3 Å². The normalized spacial score (nSPS) is 45.6. The quantitative estimate of drug-likeness (QED) is 0.259. The summed E-state index contributed by atoms with van der Waals surface area (Å²) < 4.78 is 6.27. The number of unbranched alkanes of at least 4 members (excludes halogenated alkanes) is 1. The van der Waals surface area contributed by atoms with Gasteiger partial charge in [0.2, 0.25) is 0 Å². The number of carbonyl (C=O) groups excluding carboxylic acids is 3. The van der Waals surface area contributed by atoms with E-state index >= 15 is 0 Å². The first kappa shape index (κ1) is 26.7. The molecule has 4 aliphatic carbocycles. The van der Waals surface area contributed by atoms with Crippen LogP contribution >= 0.6 is 39.1 Å². The van der Waals surface area contributed by atoms with Gasteiger partial charge in [0.1, 0.15) is 0 Å². The van der Waals surface area contributed by atoms with Crippen LogP contribution in [-0.4, -0.2) is 38.7 Å². The first-order chi connectivity index (χ1) is 15.9. The van der Waals surface area contributed by atoms with E-state index in [1.807, 2.05) is 19.9 Å². The Balaban J connectivity index is 1.79. The fourth-order valence-corrected chi connectivity index (χ4v) is 10.0. The Morgan fingerprint density at radius 1 is 1.24 bits per heavy atom. The summed E-state index contributed by atoms with van der Waals surface area (Å²) in [7, 11) is 0. The molecule has 0 aromatic carbocycles. The van der Waals surface area contributed by atoms with Gasteiger partial charge in [0.25, 0.3) is 0 Å². The molecule has 4 aliphatic rings. The third-order valence-corrected chi connectivity index (χ3v) is 12.2. The summed E-state index contributed by atoms with van der Waals surface area (Å²) >= 11 is 18.3. The van der Waals surface area contributed by atoms with Gasteiger partial charge in [-0.25, -0.2) is 0 Å². The average molecular weight is 576 g/mol. The molecule has 0 N–H and O–H groups in total. The number of alkyl halides is 3. The molecule has 0 unspecified atom stereocenters. The van der Waals surface area contributed by atoms with Crippen LogP contribution in [0.2, 0.25) is 0 Å². The van der Waals surface area contributed by atoms with Crippen LogP contribution in [0.15, 0.2) is 11.6 Å². The molecule has 0 aliphatic heterocycles. The average Bonchev–Trinajstić information content (AvgIpc) is 3.00. The summed E-state index contributed by atoms with van der Waals surface area (Å²) in [6, 6.07) is 0. The summed E-state index contributed by atoms with van der Waals surface area (Å²) in [5.41, 5.74) is -1.04. The van der Waals surface area contributed by atoms with Crippen LogP contribution in [0, 0.1) is 28.6 Å². The number of ether oxygens (including phenoxy) is 1. The van der Waals surface area contributed by atoms with Gasteiger partial charge in [-0.15, -0.1) is 23.2 Å². The van der Waals surface area contributed by atoms with Crippen LogP contribution in [0.3, 0.4) is 0 Å². The van der Waals surface area contributed by atoms with Gasteiger partial charge in [-0.05, 0) is 56.4 Å². The minimum absolute atomic E-state index is 0.0764. The first-order valence-corrected chi connectivity index (χ1v) is 14.7. The second-order valence-corrected chi connectivity index (χ2v) is 13.3. The monoisotopic (exact) mass is 574 g/mol. The number of hydrogen-bond donors (Lipinski definition) is 0. The second-order valence-electron chi connectivity index (χ2n) is 11.6. The molecule has 34 heavy (non-hydrogen) atoms. The van der Waals surface area contributed by atoms with Crippen molar-refractivity contribution in [1.29, 1.82) is 0 Å². The van der Waals surface area contributed by atoms with Crippen molar-refractivity contribution in [3.63, 3.8) is 0 Å². The molecule has 190 valence electrons. The molecule has 4 nitrogen and oxygen atoms in total. The maximum atomic E-state index is 13.6. The number of allylic oxidation sites excluding steroid dienone is 1. The highest BCUT2D eigenvalue weighted by molar-refractivity contribution is 9.09. The third-order valence-electron chi connectivity index (χ3n) is 10.1. The number of ketones is 2. The van der Waals surface area contributed by atoms with Gasteiger partial charge < -0.3 is 4.74 Å². The molecule has 0 aromatic heterocycles. The number of halogens is 3. The molecule has 3 fully saturated rings. The molecule has 8 atom stereocenters. The third kappa shape index (κ3) is 3.45. The van der Waals surface area contributed by atoms with Crippen molar-refractivity contribution in [2.75, 3.05) is 5.33 Å². The molecule has 4 rings (SSSR count). The van der Waals surface area contributed by atoms with E-state index in [1.165, 1.54) is 0 Å². The predicted octanol–water partition coefficient (Wildman–Crippen LogP) is 6.78. The maximum Gasteiger partial charge on any atom is 0.306 e. The Morgan fingerprint density at radius 3 is 2.59 bits per heavy atom. The Labute approximate surface area is 222 Å². The zero-order valence-electron chi connectivity index (χ0n) is 20.7. The van der Waals surface area contributed by atoms with Crippen LogP contribution in [0.5, 0.6) is 0 Å². The van der Waals surface area contributed by atoms with Crippen molar-refractivity contribution in [2.24, 2.45) is 28.6 Å². The lowest BCUT2D eigenvalue weighted by atomic mass is 9.45. The predicted molar refractivity (Wildman–Crippen MR) is 139 cm³/mol. The molecule has 0 amide bonds. The summed E-state index contributed by atoms with van der Waals surface area (Å²) in [4.78, 5) is 38.1. The fourth-order valence-electron chi connectivity index (χ4n) is 8.34. The van der Waals surface area contributed by atoms with E-state index in [1.54, 1.807) is 0 Å². The number of esters is 1. The van der Waals surface area contributed by atoms with Crippen LogP contribution in [0.4, 0.5) is 0 Å². The van der Waals surface area contributed by atoms with E-state index in [2.05, 4.69) is 29.8 Å². The molecular formula is C27H37BrCl2O4. The Morgan fingerprint density at radius 2 is 1.94 bits per heavy atom. The van der Waals surface area contributed by atoms with Crippen molar-refractivity contribution in [3.8, 4) is 0 Å². The Bertz CT molecular complexity index is 920. The van der Waals surface area contributed by atoms with Crippen molar-refractivity contribution in [2.45, 2.75) is 101 Å². The summed E-state index contributed by atoms with van der Waals surface area (Å²) in [5, 5.41) is -0.277. The lowest BCUT2D eigenvalue weighted by molar-refractivity contribution is -0.192. The first-order valence-electron chi connectivity index (χ1n) is 12.8. The largest absolute Gasteiger partial charge is 0.450 e. The van der Waals surface area contributed by atoms with Gasteiger partial charge in [0.05, 0.1) is 15.6 Å². The van der Waals surface area contributed by atoms with Gasteiger partial charge in [-0.3, -0.25) is 14.4 Å². The van der Waals surface area contributed by atoms with E-state index in [9.17, 15) is 14.4 Å². The Kier molecular flexibility index (Phi) is 7.19. The highest BCUT2D eigenvalue weighted by Gasteiger charge is 2.76. The zero-order chi connectivity index (χ0) is 25.1. The topological polar surface area (TPSA) is 60.4 Å². The molecule has 0 saturated heterocycles. The number of rotatable bonds is 6. The molecule has 0 spiro atoms. The number of carbonyl (C=O) groups is 3. The van der Waals surface area contributed by atoms with Gasteiger partial charge >= 0.3 is 5.97 Å². The van der Waals surface area contributed by atoms with Crippen LogP contribution < -0.4 is 0 Å². The highest BCUT2D eigenvalue weighted by Crippen LogP contribution is 2.73. The van der Waals surface area contributed by atoms with Gasteiger partial charge in [0.15, 0.2) is 17.2 Å². The highest BCUT2D eigenvalue weighted by atomic mass is 79.9. The molecule has 0 heterocycles. The lowest BCUT2D eigenvalue weighted by Crippen LogP contribution is -2.68. The van der Waals surface area contributed by atoms with E-state index in [-0.39, 0.29) is 46.0 Å². The molecular weight excluding hydrogens is 539 g/mol. The van der Waals surface area contributed by atoms with Crippen molar-refractivity contribution >= 4 is 56.7 Å². The van der Waals surface area contributed by atoms with Gasteiger partial charge in [-0.2, -0.15) is 0 Å². The smallest absolute Gasteiger partial charge is 0.306 e. The van der Waals surface area contributed by atoms with Crippen LogP contribution in [-0.2, 0) is 19.1 Å². The number of Topliss-reactive ketones (excluding diaryl/α,β-unsaturated/α-hetero) is 1. The zero-order valence-corrected chi connectivity index (χ0v) is 23.8. The summed E-state index contributed by atoms with van der Waals surface area (Å²) in [6.45, 7) is 8.37. The molecule has 0 radical (unpaired) electrons. The van der Waals surface area contributed by atoms with E-state index in [0.29, 0.717) is 25.7 Å². The lowest BCUT2D eigenvalue weighted by Gasteiger charge is -2.65. The van der Waals surface area contributed by atoms with Gasteiger partial charge in [0, 0.05) is 29.6 Å². The molecule has 7 heteroatoms.